The summed E-state index contributed by atoms with van der Waals surface area (Å²) in [5, 5.41) is 2.94. The lowest BCUT2D eigenvalue weighted by molar-refractivity contribution is -0.138. The van der Waals surface area contributed by atoms with E-state index in [0.717, 1.165) is 22.4 Å². The Balaban J connectivity index is 1.52. The third-order valence-electron chi connectivity index (χ3n) is 6.04. The number of amides is 2. The Morgan fingerprint density at radius 1 is 1.03 bits per heavy atom. The summed E-state index contributed by atoms with van der Waals surface area (Å²) in [4.78, 5) is 27.5. The van der Waals surface area contributed by atoms with Crippen LogP contribution >= 0.6 is 0 Å². The fourth-order valence-corrected chi connectivity index (χ4v) is 4.23. The fraction of sp³-hybridized carbons (Fsp3) is 0.286. The third-order valence-corrected chi connectivity index (χ3v) is 6.04. The van der Waals surface area contributed by atoms with Gasteiger partial charge >= 0.3 is 0 Å². The largest absolute Gasteiger partial charge is 0.497 e. The summed E-state index contributed by atoms with van der Waals surface area (Å²) in [5.41, 5.74) is 3.14. The number of nitrogens with one attached hydrogen (secondary N) is 1. The van der Waals surface area contributed by atoms with Crippen LogP contribution in [-0.2, 0) is 29.1 Å². The Labute approximate surface area is 210 Å². The van der Waals surface area contributed by atoms with E-state index in [2.05, 4.69) is 5.32 Å². The van der Waals surface area contributed by atoms with Crippen molar-refractivity contribution in [3.8, 4) is 23.0 Å². The predicted molar refractivity (Wildman–Crippen MR) is 136 cm³/mol. The van der Waals surface area contributed by atoms with Gasteiger partial charge in [0, 0.05) is 29.9 Å². The van der Waals surface area contributed by atoms with Crippen molar-refractivity contribution in [2.75, 3.05) is 26.6 Å². The smallest absolute Gasteiger partial charge is 0.263 e. The minimum Gasteiger partial charge on any atom is -0.497 e. The number of ether oxygens (including phenoxy) is 4. The maximum absolute atomic E-state index is 13.1. The lowest BCUT2D eigenvalue weighted by Crippen LogP contribution is -2.37. The Hall–Kier alpha value is -4.20. The van der Waals surface area contributed by atoms with Crippen LogP contribution in [0.15, 0.2) is 60.7 Å². The highest BCUT2D eigenvalue weighted by Gasteiger charge is 2.29. The first-order valence-electron chi connectivity index (χ1n) is 11.6. The number of anilines is 1. The molecule has 8 heteroatoms. The molecule has 0 saturated heterocycles. The van der Waals surface area contributed by atoms with Gasteiger partial charge in [0.2, 0.25) is 5.91 Å². The Kier molecular flexibility index (Phi) is 7.63. The van der Waals surface area contributed by atoms with E-state index in [1.165, 1.54) is 0 Å². The van der Waals surface area contributed by atoms with Gasteiger partial charge in [-0.15, -0.1) is 0 Å². The molecule has 0 spiro atoms. The second kappa shape index (κ2) is 11.0. The number of carbonyl (C=O) groups is 2. The number of benzene rings is 3. The SMILES string of the molecule is COc1ccc(CC(=O)Nc2ccc3c(c2)CN(Cc2cccc(OC)c2OC)C(=O)[C@@H](C)O3)cc1. The molecule has 0 fully saturated rings. The summed E-state index contributed by atoms with van der Waals surface area (Å²) in [6, 6.07) is 18.4. The van der Waals surface area contributed by atoms with Gasteiger partial charge in [-0.25, -0.2) is 0 Å². The predicted octanol–water partition coefficient (Wildman–Crippen LogP) is 4.20. The molecule has 3 aromatic carbocycles. The Morgan fingerprint density at radius 2 is 1.81 bits per heavy atom. The van der Waals surface area contributed by atoms with Crippen molar-refractivity contribution in [3.05, 3.63) is 77.4 Å². The van der Waals surface area contributed by atoms with E-state index in [9.17, 15) is 9.59 Å². The van der Waals surface area contributed by atoms with Crippen molar-refractivity contribution in [3.63, 3.8) is 0 Å². The zero-order valence-corrected chi connectivity index (χ0v) is 20.9. The molecule has 0 unspecified atom stereocenters. The van der Waals surface area contributed by atoms with Crippen LogP contribution in [0.5, 0.6) is 23.0 Å². The molecule has 1 atom stereocenters. The molecule has 1 aliphatic heterocycles. The zero-order chi connectivity index (χ0) is 25.7. The summed E-state index contributed by atoms with van der Waals surface area (Å²) in [6.45, 7) is 2.37. The van der Waals surface area contributed by atoms with Crippen molar-refractivity contribution in [2.45, 2.75) is 32.5 Å². The van der Waals surface area contributed by atoms with Gasteiger partial charge < -0.3 is 29.2 Å². The quantitative estimate of drug-likeness (QED) is 0.509. The molecule has 1 aliphatic rings. The highest BCUT2D eigenvalue weighted by Crippen LogP contribution is 2.34. The van der Waals surface area contributed by atoms with Gasteiger partial charge in [-0.3, -0.25) is 9.59 Å². The summed E-state index contributed by atoms with van der Waals surface area (Å²) in [6.07, 6.45) is -0.423. The van der Waals surface area contributed by atoms with E-state index in [1.807, 2.05) is 48.5 Å². The maximum Gasteiger partial charge on any atom is 0.263 e. The van der Waals surface area contributed by atoms with Gasteiger partial charge in [0.25, 0.3) is 5.91 Å². The molecule has 0 aliphatic carbocycles. The monoisotopic (exact) mass is 490 g/mol. The summed E-state index contributed by atoms with van der Waals surface area (Å²) in [7, 11) is 4.76. The van der Waals surface area contributed by atoms with Crippen LogP contribution in [0.3, 0.4) is 0 Å². The van der Waals surface area contributed by atoms with Crippen molar-refractivity contribution in [1.29, 1.82) is 0 Å². The van der Waals surface area contributed by atoms with Gasteiger partial charge in [-0.2, -0.15) is 0 Å². The average Bonchev–Trinajstić information content (AvgIpc) is 3.00. The van der Waals surface area contributed by atoms with Crippen LogP contribution in [0.2, 0.25) is 0 Å². The molecular weight excluding hydrogens is 460 g/mol. The van der Waals surface area contributed by atoms with Gasteiger partial charge in [0.15, 0.2) is 17.6 Å². The van der Waals surface area contributed by atoms with Crippen molar-refractivity contribution >= 4 is 17.5 Å². The summed E-state index contributed by atoms with van der Waals surface area (Å²) < 4.78 is 22.1. The van der Waals surface area contributed by atoms with E-state index in [1.54, 1.807) is 45.3 Å². The molecule has 4 rings (SSSR count). The van der Waals surface area contributed by atoms with Gasteiger partial charge in [0.05, 0.1) is 27.8 Å². The third kappa shape index (κ3) is 5.54. The fourth-order valence-electron chi connectivity index (χ4n) is 4.23. The van der Waals surface area contributed by atoms with Crippen LogP contribution < -0.4 is 24.3 Å². The second-order valence-electron chi connectivity index (χ2n) is 8.50. The van der Waals surface area contributed by atoms with Gasteiger partial charge in [0.1, 0.15) is 11.5 Å². The number of nitrogens with zero attached hydrogens (tertiary/aromatic N) is 1. The number of carbonyl (C=O) groups excluding carboxylic acids is 2. The number of hydrogen-bond donors (Lipinski definition) is 1. The molecule has 0 bridgehead atoms. The molecule has 188 valence electrons. The van der Waals surface area contributed by atoms with Crippen LogP contribution in [0.4, 0.5) is 5.69 Å². The van der Waals surface area contributed by atoms with E-state index in [4.69, 9.17) is 18.9 Å². The number of rotatable bonds is 8. The standard InChI is InChI=1S/C28H30N2O6/c1-18-28(32)30(16-20-6-5-7-25(34-3)27(20)35-4)17-21-15-22(10-13-24(21)36-18)29-26(31)14-19-8-11-23(33-2)12-9-19/h5-13,15,18H,14,16-17H2,1-4H3,(H,29,31)/t18-/m1/s1. The topological polar surface area (TPSA) is 86.3 Å². The van der Waals surface area contributed by atoms with Gasteiger partial charge in [-0.1, -0.05) is 24.3 Å². The van der Waals surface area contributed by atoms with E-state index >= 15 is 0 Å². The summed E-state index contributed by atoms with van der Waals surface area (Å²) in [5.74, 6) is 2.27. The molecule has 3 aromatic rings. The van der Waals surface area contributed by atoms with Crippen molar-refractivity contribution < 1.29 is 28.5 Å². The molecule has 0 aromatic heterocycles. The Bertz CT molecular complexity index is 1240. The molecule has 8 nitrogen and oxygen atoms in total. The van der Waals surface area contributed by atoms with Crippen LogP contribution in [0.25, 0.3) is 0 Å². The zero-order valence-electron chi connectivity index (χ0n) is 20.9. The van der Waals surface area contributed by atoms with Crippen LogP contribution in [0.1, 0.15) is 23.6 Å². The summed E-state index contributed by atoms with van der Waals surface area (Å²) >= 11 is 0. The maximum atomic E-state index is 13.1. The van der Waals surface area contributed by atoms with E-state index < -0.39 is 6.10 Å². The molecular formula is C28H30N2O6. The van der Waals surface area contributed by atoms with Gasteiger partial charge in [-0.05, 0) is 48.9 Å². The molecule has 1 N–H and O–H groups in total. The highest BCUT2D eigenvalue weighted by molar-refractivity contribution is 5.92. The van der Waals surface area contributed by atoms with Crippen LogP contribution in [0, 0.1) is 0 Å². The van der Waals surface area contributed by atoms with Crippen molar-refractivity contribution in [1.82, 2.24) is 4.90 Å². The lowest BCUT2D eigenvalue weighted by atomic mass is 10.1. The molecule has 1 heterocycles. The van der Waals surface area contributed by atoms with E-state index in [-0.39, 0.29) is 18.2 Å². The average molecular weight is 491 g/mol. The molecule has 36 heavy (non-hydrogen) atoms. The first-order valence-corrected chi connectivity index (χ1v) is 11.6. The molecule has 2 amide bonds. The molecule has 0 saturated carbocycles. The van der Waals surface area contributed by atoms with E-state index in [0.29, 0.717) is 36.0 Å². The first kappa shape index (κ1) is 24.9. The van der Waals surface area contributed by atoms with Crippen LogP contribution in [-0.4, -0.2) is 44.1 Å². The lowest BCUT2D eigenvalue weighted by Gasteiger charge is -2.24. The minimum atomic E-state index is -0.654. The minimum absolute atomic E-state index is 0.138. The number of fused-ring (bicyclic) bond motifs is 1. The Morgan fingerprint density at radius 3 is 2.50 bits per heavy atom. The molecule has 0 radical (unpaired) electrons. The first-order chi connectivity index (χ1) is 17.4. The second-order valence-corrected chi connectivity index (χ2v) is 8.50. The number of methoxy groups -OCH3 is 3. The highest BCUT2D eigenvalue weighted by atomic mass is 16.5. The normalized spacial score (nSPS) is 14.8. The number of hydrogen-bond acceptors (Lipinski definition) is 6. The number of para-hydroxylation sites is 1. The van der Waals surface area contributed by atoms with Crippen molar-refractivity contribution in [2.24, 2.45) is 0 Å².